The van der Waals surface area contributed by atoms with Crippen LogP contribution in [0.2, 0.25) is 0 Å². The van der Waals surface area contributed by atoms with Crippen molar-refractivity contribution >= 4 is 18.3 Å². The predicted octanol–water partition coefficient (Wildman–Crippen LogP) is 1.04. The number of carbonyl (C=O) groups is 1. The van der Waals surface area contributed by atoms with Crippen molar-refractivity contribution in [3.8, 4) is 0 Å². The minimum atomic E-state index is -4.17. The highest BCUT2D eigenvalue weighted by Crippen LogP contribution is 2.16. The molecule has 1 aliphatic heterocycles. The molecule has 1 rings (SSSR count). The predicted molar refractivity (Wildman–Crippen MR) is 51.9 cm³/mol. The highest BCUT2D eigenvalue weighted by atomic mass is 35.5. The van der Waals surface area contributed by atoms with Crippen LogP contribution in [0, 0.1) is 5.92 Å². The molecule has 0 aromatic carbocycles. The maximum Gasteiger partial charge on any atom is 0.401 e. The fourth-order valence-corrected chi connectivity index (χ4v) is 1.51. The lowest BCUT2D eigenvalue weighted by Crippen LogP contribution is -2.33. The molecule has 1 unspecified atom stereocenters. The Morgan fingerprint density at radius 3 is 2.53 bits per heavy atom. The number of likely N-dealkylation sites (tertiary alicyclic amines) is 1. The van der Waals surface area contributed by atoms with Gasteiger partial charge in [-0.05, 0) is 5.92 Å². The Kier molecular flexibility index (Phi) is 5.37. The van der Waals surface area contributed by atoms with Gasteiger partial charge in [0.25, 0.3) is 0 Å². The molecule has 1 aliphatic rings. The average Bonchev–Trinajstić information content (AvgIpc) is 2.28. The van der Waals surface area contributed by atoms with Crippen LogP contribution in [0.15, 0.2) is 0 Å². The quantitative estimate of drug-likeness (QED) is 0.807. The first-order chi connectivity index (χ1) is 6.38. The van der Waals surface area contributed by atoms with Gasteiger partial charge in [-0.2, -0.15) is 13.2 Å². The first-order valence-corrected chi connectivity index (χ1v) is 4.40. The van der Waals surface area contributed by atoms with Gasteiger partial charge in [0, 0.05) is 26.6 Å². The Balaban J connectivity index is 0.00000196. The van der Waals surface area contributed by atoms with Crippen molar-refractivity contribution in [1.82, 2.24) is 10.2 Å². The maximum atomic E-state index is 11.7. The second kappa shape index (κ2) is 5.55. The van der Waals surface area contributed by atoms with Crippen molar-refractivity contribution in [2.45, 2.75) is 12.6 Å². The summed E-state index contributed by atoms with van der Waals surface area (Å²) in [5, 5.41) is 2.30. The zero-order chi connectivity index (χ0) is 10.8. The van der Waals surface area contributed by atoms with E-state index in [0.29, 0.717) is 13.0 Å². The van der Waals surface area contributed by atoms with Gasteiger partial charge >= 0.3 is 6.18 Å². The molecule has 0 spiro atoms. The smallest absolute Gasteiger partial charge is 0.345 e. The summed E-state index contributed by atoms with van der Waals surface area (Å²) in [6.45, 7) is -0.194. The van der Waals surface area contributed by atoms with Gasteiger partial charge < -0.3 is 10.2 Å². The van der Waals surface area contributed by atoms with E-state index in [0.717, 1.165) is 0 Å². The number of nitrogens with one attached hydrogen (secondary N) is 1. The molecule has 1 N–H and O–H groups in total. The zero-order valence-corrected chi connectivity index (χ0v) is 9.12. The molecule has 0 aromatic heterocycles. The Morgan fingerprint density at radius 2 is 2.13 bits per heavy atom. The summed E-state index contributed by atoms with van der Waals surface area (Å²) in [4.78, 5) is 12.6. The maximum absolute atomic E-state index is 11.7. The first kappa shape index (κ1) is 14.5. The molecular formula is C8H14ClF3N2O. The monoisotopic (exact) mass is 246 g/mol. The Morgan fingerprint density at radius 1 is 1.53 bits per heavy atom. The van der Waals surface area contributed by atoms with E-state index < -0.39 is 12.7 Å². The number of amides is 1. The standard InChI is InChI=1S/C8H13F3N2O.ClH/c1-13-4-6(2-7(13)14)3-12-5-8(9,10)11;/h6,12H,2-5H2,1H3;1H. The SMILES string of the molecule is CN1CC(CNCC(F)(F)F)CC1=O.Cl. The molecule has 0 radical (unpaired) electrons. The fraction of sp³-hybridized carbons (Fsp3) is 0.875. The number of rotatable bonds is 3. The van der Waals surface area contributed by atoms with Crippen molar-refractivity contribution < 1.29 is 18.0 Å². The molecule has 3 nitrogen and oxygen atoms in total. The van der Waals surface area contributed by atoms with E-state index in [4.69, 9.17) is 0 Å². The summed E-state index contributed by atoms with van der Waals surface area (Å²) in [5.74, 6) is 0.0126. The highest BCUT2D eigenvalue weighted by Gasteiger charge is 2.29. The summed E-state index contributed by atoms with van der Waals surface area (Å²) in [5.41, 5.74) is 0. The minimum absolute atomic E-state index is 0. The number of carbonyl (C=O) groups excluding carboxylic acids is 1. The minimum Gasteiger partial charge on any atom is -0.345 e. The van der Waals surface area contributed by atoms with Gasteiger partial charge in [-0.25, -0.2) is 0 Å². The van der Waals surface area contributed by atoms with Crippen molar-refractivity contribution in [2.24, 2.45) is 5.92 Å². The lowest BCUT2D eigenvalue weighted by molar-refractivity contribution is -0.126. The zero-order valence-electron chi connectivity index (χ0n) is 8.30. The number of alkyl halides is 3. The molecule has 90 valence electrons. The molecule has 0 aliphatic carbocycles. The van der Waals surface area contributed by atoms with E-state index in [9.17, 15) is 18.0 Å². The van der Waals surface area contributed by atoms with Crippen LogP contribution < -0.4 is 5.32 Å². The van der Waals surface area contributed by atoms with Crippen LogP contribution in [-0.4, -0.2) is 43.7 Å². The lowest BCUT2D eigenvalue weighted by atomic mass is 10.1. The van der Waals surface area contributed by atoms with Crippen LogP contribution in [-0.2, 0) is 4.79 Å². The van der Waals surface area contributed by atoms with Gasteiger partial charge in [0.15, 0.2) is 0 Å². The molecule has 1 amide bonds. The highest BCUT2D eigenvalue weighted by molar-refractivity contribution is 5.85. The topological polar surface area (TPSA) is 32.3 Å². The van der Waals surface area contributed by atoms with Crippen LogP contribution in [0.1, 0.15) is 6.42 Å². The van der Waals surface area contributed by atoms with Crippen molar-refractivity contribution in [2.75, 3.05) is 26.7 Å². The molecule has 1 fully saturated rings. The largest absolute Gasteiger partial charge is 0.401 e. The number of halogens is 4. The molecule has 1 saturated heterocycles. The van der Waals surface area contributed by atoms with Crippen molar-refractivity contribution in [3.63, 3.8) is 0 Å². The second-order valence-electron chi connectivity index (χ2n) is 3.59. The van der Waals surface area contributed by atoms with E-state index in [1.807, 2.05) is 0 Å². The average molecular weight is 247 g/mol. The molecule has 1 heterocycles. The van der Waals surface area contributed by atoms with Crippen LogP contribution in [0.4, 0.5) is 13.2 Å². The summed E-state index contributed by atoms with van der Waals surface area (Å²) < 4.78 is 35.2. The van der Waals surface area contributed by atoms with Crippen LogP contribution >= 0.6 is 12.4 Å². The van der Waals surface area contributed by atoms with Gasteiger partial charge in [0.2, 0.25) is 5.91 Å². The Hall–Kier alpha value is -0.490. The lowest BCUT2D eigenvalue weighted by Gasteiger charge is -2.12. The molecular weight excluding hydrogens is 233 g/mol. The molecule has 0 aromatic rings. The third-order valence-electron chi connectivity index (χ3n) is 2.18. The third-order valence-corrected chi connectivity index (χ3v) is 2.18. The van der Waals surface area contributed by atoms with E-state index in [1.54, 1.807) is 11.9 Å². The number of hydrogen-bond acceptors (Lipinski definition) is 2. The Bertz CT molecular complexity index is 222. The third kappa shape index (κ3) is 5.22. The fourth-order valence-electron chi connectivity index (χ4n) is 1.51. The summed E-state index contributed by atoms with van der Waals surface area (Å²) in [6, 6.07) is 0. The molecule has 0 saturated carbocycles. The first-order valence-electron chi connectivity index (χ1n) is 4.40. The van der Waals surface area contributed by atoms with Crippen LogP contribution in [0.3, 0.4) is 0 Å². The van der Waals surface area contributed by atoms with E-state index in [1.165, 1.54) is 0 Å². The molecule has 15 heavy (non-hydrogen) atoms. The van der Waals surface area contributed by atoms with Gasteiger partial charge in [-0.15, -0.1) is 12.4 Å². The van der Waals surface area contributed by atoms with E-state index in [2.05, 4.69) is 5.32 Å². The molecule has 0 bridgehead atoms. The van der Waals surface area contributed by atoms with Gasteiger partial charge in [-0.3, -0.25) is 4.79 Å². The van der Waals surface area contributed by atoms with Crippen molar-refractivity contribution in [3.05, 3.63) is 0 Å². The summed E-state index contributed by atoms with van der Waals surface area (Å²) >= 11 is 0. The molecule has 7 heteroatoms. The van der Waals surface area contributed by atoms with Gasteiger partial charge in [-0.1, -0.05) is 0 Å². The Labute approximate surface area is 92.4 Å². The number of nitrogens with zero attached hydrogens (tertiary/aromatic N) is 1. The van der Waals surface area contributed by atoms with Gasteiger partial charge in [0.1, 0.15) is 0 Å². The summed E-state index contributed by atoms with van der Waals surface area (Å²) in [6.07, 6.45) is -3.82. The summed E-state index contributed by atoms with van der Waals surface area (Å²) in [7, 11) is 1.66. The second-order valence-corrected chi connectivity index (χ2v) is 3.59. The van der Waals surface area contributed by atoms with Crippen LogP contribution in [0.25, 0.3) is 0 Å². The van der Waals surface area contributed by atoms with E-state index in [-0.39, 0.29) is 30.8 Å². The molecule has 1 atom stereocenters. The number of hydrogen-bond donors (Lipinski definition) is 1. The van der Waals surface area contributed by atoms with Gasteiger partial charge in [0.05, 0.1) is 6.54 Å². The van der Waals surface area contributed by atoms with Crippen LogP contribution in [0.5, 0.6) is 0 Å². The normalized spacial score (nSPS) is 21.7. The van der Waals surface area contributed by atoms with Crippen molar-refractivity contribution in [1.29, 1.82) is 0 Å². The van der Waals surface area contributed by atoms with E-state index >= 15 is 0 Å².